The number of nitrogens with one attached hydrogen (secondary N) is 2. The summed E-state index contributed by atoms with van der Waals surface area (Å²) in [5.74, 6) is -0.346. The average Bonchev–Trinajstić information content (AvgIpc) is 3.23. The summed E-state index contributed by atoms with van der Waals surface area (Å²) in [6, 6.07) is 18.0. The predicted molar refractivity (Wildman–Crippen MR) is 101 cm³/mol. The molecule has 5 heteroatoms. The number of carbonyl (C=O) groups is 2. The van der Waals surface area contributed by atoms with Gasteiger partial charge in [-0.3, -0.25) is 14.9 Å². The van der Waals surface area contributed by atoms with Crippen molar-refractivity contribution in [3.05, 3.63) is 76.8 Å². The number of imide groups is 1. The Morgan fingerprint density at radius 1 is 1.00 bits per heavy atom. The summed E-state index contributed by atoms with van der Waals surface area (Å²) in [7, 11) is 0. The molecule has 0 saturated carbocycles. The van der Waals surface area contributed by atoms with Crippen LogP contribution in [-0.2, 0) is 4.79 Å². The average molecular weight is 348 g/mol. The summed E-state index contributed by atoms with van der Waals surface area (Å²) >= 11 is 0.981. The van der Waals surface area contributed by atoms with Gasteiger partial charge in [0.15, 0.2) is 0 Å². The van der Waals surface area contributed by atoms with E-state index in [1.807, 2.05) is 60.8 Å². The van der Waals surface area contributed by atoms with E-state index in [4.69, 9.17) is 0 Å². The van der Waals surface area contributed by atoms with Gasteiger partial charge in [0.25, 0.3) is 11.1 Å². The highest BCUT2D eigenvalue weighted by Crippen LogP contribution is 2.42. The Labute approximate surface area is 149 Å². The first kappa shape index (κ1) is 15.7. The Kier molecular flexibility index (Phi) is 3.93. The molecule has 0 radical (unpaired) electrons. The van der Waals surface area contributed by atoms with Crippen LogP contribution in [0.5, 0.6) is 0 Å². The first-order chi connectivity index (χ1) is 12.1. The monoisotopic (exact) mass is 348 g/mol. The van der Waals surface area contributed by atoms with Crippen molar-refractivity contribution in [3.63, 3.8) is 0 Å². The molecule has 1 unspecified atom stereocenters. The van der Waals surface area contributed by atoms with Crippen LogP contribution in [0.4, 0.5) is 4.79 Å². The van der Waals surface area contributed by atoms with E-state index in [-0.39, 0.29) is 17.1 Å². The third-order valence-electron chi connectivity index (χ3n) is 4.48. The summed E-state index contributed by atoms with van der Waals surface area (Å²) in [6.07, 6.45) is 1.89. The molecule has 4 nitrogen and oxygen atoms in total. The molecule has 0 spiro atoms. The number of fused-ring (bicyclic) bond motifs is 1. The molecule has 1 aliphatic rings. The Morgan fingerprint density at radius 3 is 2.52 bits per heavy atom. The van der Waals surface area contributed by atoms with Crippen LogP contribution >= 0.6 is 11.8 Å². The molecule has 1 fully saturated rings. The lowest BCUT2D eigenvalue weighted by atomic mass is 9.86. The molecule has 1 aromatic heterocycles. The predicted octanol–water partition coefficient (Wildman–Crippen LogP) is 4.67. The number of H-pyrrole nitrogens is 1. The van der Waals surface area contributed by atoms with Crippen LogP contribution in [0, 0.1) is 0 Å². The van der Waals surface area contributed by atoms with Crippen molar-refractivity contribution in [1.82, 2.24) is 10.3 Å². The molecule has 2 heterocycles. The molecule has 25 heavy (non-hydrogen) atoms. The fourth-order valence-corrected chi connectivity index (χ4v) is 4.14. The van der Waals surface area contributed by atoms with Crippen LogP contribution in [0.1, 0.15) is 24.0 Å². The molecule has 124 valence electrons. The quantitative estimate of drug-likeness (QED) is 0.676. The van der Waals surface area contributed by atoms with E-state index >= 15 is 0 Å². The third-order valence-corrected chi connectivity index (χ3v) is 5.38. The van der Waals surface area contributed by atoms with Crippen molar-refractivity contribution in [2.75, 3.05) is 0 Å². The topological polar surface area (TPSA) is 62.0 Å². The first-order valence-corrected chi connectivity index (χ1v) is 8.85. The van der Waals surface area contributed by atoms with E-state index in [1.54, 1.807) is 0 Å². The fourth-order valence-electron chi connectivity index (χ4n) is 3.27. The maximum absolute atomic E-state index is 12.4. The molecule has 2 N–H and O–H groups in total. The van der Waals surface area contributed by atoms with Crippen molar-refractivity contribution in [2.24, 2.45) is 0 Å². The van der Waals surface area contributed by atoms with Crippen molar-refractivity contribution in [2.45, 2.75) is 12.8 Å². The minimum Gasteiger partial charge on any atom is -0.361 e. The van der Waals surface area contributed by atoms with Gasteiger partial charge in [0.05, 0.1) is 4.91 Å². The molecule has 1 aliphatic heterocycles. The fraction of sp³-hybridized carbons (Fsp3) is 0.100. The minimum absolute atomic E-state index is 0.0270. The van der Waals surface area contributed by atoms with Crippen LogP contribution in [-0.4, -0.2) is 16.1 Å². The van der Waals surface area contributed by atoms with Gasteiger partial charge in [-0.2, -0.15) is 0 Å². The Balaban J connectivity index is 1.97. The molecule has 0 aliphatic carbocycles. The van der Waals surface area contributed by atoms with Crippen molar-refractivity contribution in [3.8, 4) is 0 Å². The van der Waals surface area contributed by atoms with E-state index < -0.39 is 0 Å². The van der Waals surface area contributed by atoms with Crippen LogP contribution in [0.3, 0.4) is 0 Å². The maximum atomic E-state index is 12.4. The van der Waals surface area contributed by atoms with Gasteiger partial charge in [0, 0.05) is 23.0 Å². The Bertz CT molecular complexity index is 1000. The number of hydrogen-bond acceptors (Lipinski definition) is 3. The molecule has 1 saturated heterocycles. The summed E-state index contributed by atoms with van der Waals surface area (Å²) in [4.78, 5) is 27.8. The molecule has 2 amide bonds. The summed E-state index contributed by atoms with van der Waals surface area (Å²) in [5.41, 5.74) is 3.96. The molecule has 0 bridgehead atoms. The van der Waals surface area contributed by atoms with Crippen molar-refractivity contribution >= 4 is 39.4 Å². The Hall–Kier alpha value is -2.79. The standard InChI is InChI=1S/C20H16N2O2S/c1-12(13-6-3-2-4-7-13)17(18-19(23)22-20(24)25-18)15-8-5-9-16-14(15)10-11-21-16/h2-12,21H,1H3,(H,22,23,24). The second-order valence-electron chi connectivity index (χ2n) is 5.96. The SMILES string of the molecule is CC(C(=C1SC(=O)NC1=O)c1cccc2[nH]ccc12)c1ccccc1. The summed E-state index contributed by atoms with van der Waals surface area (Å²) in [5, 5.41) is 3.11. The number of hydrogen-bond donors (Lipinski definition) is 2. The highest BCUT2D eigenvalue weighted by molar-refractivity contribution is 8.18. The second kappa shape index (κ2) is 6.26. The van der Waals surface area contributed by atoms with Crippen LogP contribution < -0.4 is 5.32 Å². The van der Waals surface area contributed by atoms with Gasteiger partial charge in [0.1, 0.15) is 0 Å². The normalized spacial score (nSPS) is 17.6. The van der Waals surface area contributed by atoms with Gasteiger partial charge >= 0.3 is 0 Å². The lowest BCUT2D eigenvalue weighted by molar-refractivity contribution is -0.115. The van der Waals surface area contributed by atoms with Crippen LogP contribution in [0.15, 0.2) is 65.7 Å². The van der Waals surface area contributed by atoms with Crippen molar-refractivity contribution in [1.29, 1.82) is 0 Å². The van der Waals surface area contributed by atoms with Crippen LogP contribution in [0.25, 0.3) is 16.5 Å². The van der Waals surface area contributed by atoms with Gasteiger partial charge in [-0.05, 0) is 40.6 Å². The van der Waals surface area contributed by atoms with Crippen LogP contribution in [0.2, 0.25) is 0 Å². The van der Waals surface area contributed by atoms with E-state index in [9.17, 15) is 9.59 Å². The summed E-state index contributed by atoms with van der Waals surface area (Å²) in [6.45, 7) is 2.07. The maximum Gasteiger partial charge on any atom is 0.290 e. The highest BCUT2D eigenvalue weighted by Gasteiger charge is 2.32. The number of aromatic nitrogens is 1. The minimum atomic E-state index is -0.320. The molecular formula is C20H16N2O2S. The largest absolute Gasteiger partial charge is 0.361 e. The molecule has 4 rings (SSSR count). The number of thioether (sulfide) groups is 1. The van der Waals surface area contributed by atoms with Gasteiger partial charge in [-0.25, -0.2) is 0 Å². The van der Waals surface area contributed by atoms with Gasteiger partial charge in [-0.15, -0.1) is 0 Å². The number of benzene rings is 2. The zero-order valence-electron chi connectivity index (χ0n) is 13.6. The number of aromatic amines is 1. The van der Waals surface area contributed by atoms with E-state index in [0.717, 1.165) is 39.4 Å². The third kappa shape index (κ3) is 2.76. The highest BCUT2D eigenvalue weighted by atomic mass is 32.2. The van der Waals surface area contributed by atoms with Crippen molar-refractivity contribution < 1.29 is 9.59 Å². The van der Waals surface area contributed by atoms with Gasteiger partial charge in [-0.1, -0.05) is 49.4 Å². The number of amides is 2. The lowest BCUT2D eigenvalue weighted by Crippen LogP contribution is -2.19. The number of carbonyl (C=O) groups excluding carboxylic acids is 2. The summed E-state index contributed by atoms with van der Waals surface area (Å²) < 4.78 is 0. The van der Waals surface area contributed by atoms with E-state index in [2.05, 4.69) is 17.2 Å². The molecule has 2 aromatic carbocycles. The van der Waals surface area contributed by atoms with E-state index in [1.165, 1.54) is 0 Å². The molecular weight excluding hydrogens is 332 g/mol. The molecule has 3 aromatic rings. The number of allylic oxidation sites excluding steroid dienone is 1. The lowest BCUT2D eigenvalue weighted by Gasteiger charge is -2.19. The second-order valence-corrected chi connectivity index (χ2v) is 6.95. The smallest absolute Gasteiger partial charge is 0.290 e. The number of rotatable bonds is 3. The molecule has 1 atom stereocenters. The van der Waals surface area contributed by atoms with Gasteiger partial charge in [0.2, 0.25) is 0 Å². The van der Waals surface area contributed by atoms with Gasteiger partial charge < -0.3 is 4.98 Å². The zero-order valence-corrected chi connectivity index (χ0v) is 14.4. The van der Waals surface area contributed by atoms with E-state index in [0.29, 0.717) is 4.91 Å². The first-order valence-electron chi connectivity index (χ1n) is 8.04. The zero-order chi connectivity index (χ0) is 17.4. The Morgan fingerprint density at radius 2 is 1.80 bits per heavy atom.